The lowest BCUT2D eigenvalue weighted by Crippen LogP contribution is -2.34. The number of thiophene rings is 1. The van der Waals surface area contributed by atoms with Gasteiger partial charge in [0, 0.05) is 28.9 Å². The van der Waals surface area contributed by atoms with Crippen LogP contribution in [-0.2, 0) is 13.0 Å². The first-order chi connectivity index (χ1) is 10.2. The lowest BCUT2D eigenvalue weighted by Gasteiger charge is -2.24. The van der Waals surface area contributed by atoms with Crippen molar-refractivity contribution in [3.8, 4) is 0 Å². The van der Waals surface area contributed by atoms with Crippen molar-refractivity contribution in [1.29, 1.82) is 0 Å². The topological polar surface area (TPSA) is 23.5 Å². The summed E-state index contributed by atoms with van der Waals surface area (Å²) in [4.78, 5) is 5.23. The SMILES string of the molecule is Cc1ccc(CN(CC(O)Cc2ccccc2)C2CC2)s1. The van der Waals surface area contributed by atoms with Crippen LogP contribution in [0.25, 0.3) is 0 Å². The lowest BCUT2D eigenvalue weighted by atomic mass is 10.1. The number of hydrogen-bond donors (Lipinski definition) is 1. The molecule has 1 aromatic carbocycles. The van der Waals surface area contributed by atoms with Gasteiger partial charge in [0.05, 0.1) is 6.10 Å². The van der Waals surface area contributed by atoms with Gasteiger partial charge in [-0.2, -0.15) is 0 Å². The van der Waals surface area contributed by atoms with E-state index in [1.165, 1.54) is 28.2 Å². The van der Waals surface area contributed by atoms with Crippen molar-refractivity contribution in [2.75, 3.05) is 6.54 Å². The summed E-state index contributed by atoms with van der Waals surface area (Å²) in [7, 11) is 0. The van der Waals surface area contributed by atoms with E-state index in [0.29, 0.717) is 6.04 Å². The zero-order valence-corrected chi connectivity index (χ0v) is 13.4. The van der Waals surface area contributed by atoms with E-state index in [-0.39, 0.29) is 6.10 Å². The average molecular weight is 301 g/mol. The van der Waals surface area contributed by atoms with Crippen molar-refractivity contribution in [2.45, 2.75) is 44.9 Å². The molecule has 1 aliphatic carbocycles. The molecule has 1 saturated carbocycles. The van der Waals surface area contributed by atoms with E-state index in [1.54, 1.807) is 0 Å². The molecule has 1 fully saturated rings. The van der Waals surface area contributed by atoms with Gasteiger partial charge < -0.3 is 5.11 Å². The second-order valence-corrected chi connectivity index (χ2v) is 7.39. The first kappa shape index (κ1) is 14.8. The fraction of sp³-hybridized carbons (Fsp3) is 0.444. The molecule has 3 rings (SSSR count). The predicted octanol–water partition coefficient (Wildman–Crippen LogP) is 3.62. The van der Waals surface area contributed by atoms with Crippen LogP contribution in [0.15, 0.2) is 42.5 Å². The summed E-state index contributed by atoms with van der Waals surface area (Å²) >= 11 is 1.87. The minimum absolute atomic E-state index is 0.283. The highest BCUT2D eigenvalue weighted by Crippen LogP contribution is 2.30. The first-order valence-electron chi connectivity index (χ1n) is 7.72. The van der Waals surface area contributed by atoms with Gasteiger partial charge in [0.25, 0.3) is 0 Å². The Labute approximate surface area is 131 Å². The molecule has 1 unspecified atom stereocenters. The molecule has 1 atom stereocenters. The zero-order chi connectivity index (χ0) is 14.7. The average Bonchev–Trinajstić information content (AvgIpc) is 3.23. The third-order valence-corrected chi connectivity index (χ3v) is 4.96. The zero-order valence-electron chi connectivity index (χ0n) is 12.5. The van der Waals surface area contributed by atoms with E-state index < -0.39 is 0 Å². The van der Waals surface area contributed by atoms with Gasteiger partial charge >= 0.3 is 0 Å². The maximum absolute atomic E-state index is 10.4. The quantitative estimate of drug-likeness (QED) is 0.844. The molecule has 112 valence electrons. The molecule has 0 amide bonds. The van der Waals surface area contributed by atoms with Crippen LogP contribution in [0.5, 0.6) is 0 Å². The van der Waals surface area contributed by atoms with Gasteiger partial charge in [-0.15, -0.1) is 11.3 Å². The Bertz CT molecular complexity index is 562. The van der Waals surface area contributed by atoms with E-state index in [4.69, 9.17) is 0 Å². The van der Waals surface area contributed by atoms with Gasteiger partial charge in [-0.1, -0.05) is 30.3 Å². The third kappa shape index (κ3) is 4.40. The molecule has 21 heavy (non-hydrogen) atoms. The van der Waals surface area contributed by atoms with Gasteiger partial charge in [0.2, 0.25) is 0 Å². The molecule has 1 aliphatic rings. The van der Waals surface area contributed by atoms with Crippen molar-refractivity contribution in [2.24, 2.45) is 0 Å². The number of nitrogens with zero attached hydrogens (tertiary/aromatic N) is 1. The van der Waals surface area contributed by atoms with Crippen molar-refractivity contribution < 1.29 is 5.11 Å². The Morgan fingerprint density at radius 1 is 1.19 bits per heavy atom. The summed E-state index contributed by atoms with van der Waals surface area (Å²) in [5.74, 6) is 0. The molecule has 1 N–H and O–H groups in total. The molecule has 0 spiro atoms. The van der Waals surface area contributed by atoms with Crippen molar-refractivity contribution >= 4 is 11.3 Å². The highest BCUT2D eigenvalue weighted by atomic mass is 32.1. The number of hydrogen-bond acceptors (Lipinski definition) is 3. The van der Waals surface area contributed by atoms with Crippen LogP contribution in [0.1, 0.15) is 28.2 Å². The van der Waals surface area contributed by atoms with Gasteiger partial charge in [-0.05, 0) is 43.9 Å². The third-order valence-electron chi connectivity index (χ3n) is 3.98. The highest BCUT2D eigenvalue weighted by Gasteiger charge is 2.30. The Morgan fingerprint density at radius 3 is 2.57 bits per heavy atom. The standard InChI is InChI=1S/C18H23NOS/c1-14-7-10-18(21-14)13-19(16-8-9-16)12-17(20)11-15-5-3-2-4-6-15/h2-7,10,16-17,20H,8-9,11-13H2,1H3. The summed E-state index contributed by atoms with van der Waals surface area (Å²) < 4.78 is 0. The van der Waals surface area contributed by atoms with Crippen LogP contribution in [0.2, 0.25) is 0 Å². The van der Waals surface area contributed by atoms with Crippen LogP contribution >= 0.6 is 11.3 Å². The number of aliphatic hydroxyl groups excluding tert-OH is 1. The van der Waals surface area contributed by atoms with Crippen LogP contribution in [-0.4, -0.2) is 28.7 Å². The van der Waals surface area contributed by atoms with E-state index in [0.717, 1.165) is 19.5 Å². The highest BCUT2D eigenvalue weighted by molar-refractivity contribution is 7.11. The predicted molar refractivity (Wildman–Crippen MR) is 88.6 cm³/mol. The van der Waals surface area contributed by atoms with Crippen LogP contribution < -0.4 is 0 Å². The Balaban J connectivity index is 1.57. The Kier molecular flexibility index (Phi) is 4.73. The number of rotatable bonds is 7. The van der Waals surface area contributed by atoms with Crippen molar-refractivity contribution in [1.82, 2.24) is 4.90 Å². The summed E-state index contributed by atoms with van der Waals surface area (Å²) in [6.07, 6.45) is 3.02. The van der Waals surface area contributed by atoms with E-state index in [1.807, 2.05) is 29.5 Å². The van der Waals surface area contributed by atoms with E-state index >= 15 is 0 Å². The van der Waals surface area contributed by atoms with Gasteiger partial charge in [-0.3, -0.25) is 4.90 Å². The number of aryl methyl sites for hydroxylation is 1. The lowest BCUT2D eigenvalue weighted by molar-refractivity contribution is 0.105. The molecular formula is C18H23NOS. The number of aliphatic hydroxyl groups is 1. The molecule has 0 bridgehead atoms. The minimum Gasteiger partial charge on any atom is -0.391 e. The minimum atomic E-state index is -0.283. The van der Waals surface area contributed by atoms with E-state index in [9.17, 15) is 5.11 Å². The largest absolute Gasteiger partial charge is 0.391 e. The summed E-state index contributed by atoms with van der Waals surface area (Å²) in [6.45, 7) is 3.91. The van der Waals surface area contributed by atoms with Gasteiger partial charge in [-0.25, -0.2) is 0 Å². The second-order valence-electron chi connectivity index (χ2n) is 6.02. The Hall–Kier alpha value is -1.16. The summed E-state index contributed by atoms with van der Waals surface area (Å²) in [5, 5.41) is 10.4. The first-order valence-corrected chi connectivity index (χ1v) is 8.54. The summed E-state index contributed by atoms with van der Waals surface area (Å²) in [6, 6.07) is 15.4. The molecule has 1 heterocycles. The van der Waals surface area contributed by atoms with Crippen LogP contribution in [0, 0.1) is 6.92 Å². The number of benzene rings is 1. The molecule has 0 aliphatic heterocycles. The molecular weight excluding hydrogens is 278 g/mol. The second kappa shape index (κ2) is 6.73. The summed E-state index contributed by atoms with van der Waals surface area (Å²) in [5.41, 5.74) is 1.22. The fourth-order valence-electron chi connectivity index (χ4n) is 2.77. The molecule has 3 heteroatoms. The van der Waals surface area contributed by atoms with Crippen molar-refractivity contribution in [3.63, 3.8) is 0 Å². The maximum atomic E-state index is 10.4. The van der Waals surface area contributed by atoms with Crippen LogP contribution in [0.3, 0.4) is 0 Å². The Morgan fingerprint density at radius 2 is 1.95 bits per heavy atom. The van der Waals surface area contributed by atoms with E-state index in [2.05, 4.69) is 36.1 Å². The van der Waals surface area contributed by atoms with Crippen molar-refractivity contribution in [3.05, 3.63) is 57.8 Å². The smallest absolute Gasteiger partial charge is 0.0707 e. The molecule has 2 aromatic rings. The molecule has 1 aromatic heterocycles. The molecule has 2 nitrogen and oxygen atoms in total. The normalized spacial score (nSPS) is 16.3. The van der Waals surface area contributed by atoms with Gasteiger partial charge in [0.1, 0.15) is 0 Å². The van der Waals surface area contributed by atoms with Gasteiger partial charge in [0.15, 0.2) is 0 Å². The monoisotopic (exact) mass is 301 g/mol. The fourth-order valence-corrected chi connectivity index (χ4v) is 3.69. The van der Waals surface area contributed by atoms with Crippen LogP contribution in [0.4, 0.5) is 0 Å². The molecule has 0 radical (unpaired) electrons. The molecule has 0 saturated heterocycles. The maximum Gasteiger partial charge on any atom is 0.0707 e.